The fourth-order valence-electron chi connectivity index (χ4n) is 5.51. The lowest BCUT2D eigenvalue weighted by molar-refractivity contribution is -0.153. The molecular formula is C28H32ClN7O2. The molecule has 1 aliphatic rings. The van der Waals surface area contributed by atoms with Crippen molar-refractivity contribution in [3.05, 3.63) is 70.8 Å². The van der Waals surface area contributed by atoms with Crippen LogP contribution in [-0.2, 0) is 28.0 Å². The number of hydrogen-bond acceptors (Lipinski definition) is 7. The van der Waals surface area contributed by atoms with Gasteiger partial charge in [0.05, 0.1) is 12.8 Å². The van der Waals surface area contributed by atoms with Crippen LogP contribution in [0.4, 0.5) is 0 Å². The zero-order valence-corrected chi connectivity index (χ0v) is 22.7. The van der Waals surface area contributed by atoms with Crippen LogP contribution in [-0.4, -0.2) is 61.7 Å². The minimum atomic E-state index is -0.952. The standard InChI is InChI=1S/C28H32ClN7O2/c1-4-5-11-23-30-25(29)24(28(27(37)38-3)16-8-17-35(28)2)36(23)18-19-12-14-20(15-13-19)21-9-6-7-10-22(21)26-31-33-34-32-26/h6-7,9-10,12-15H,4-5,8,11,16-18H2,1-3H3,(H,31,32,33,34)/t28-/m1/s1. The third-order valence-corrected chi connectivity index (χ3v) is 7.74. The van der Waals surface area contributed by atoms with E-state index < -0.39 is 5.54 Å². The van der Waals surface area contributed by atoms with E-state index >= 15 is 0 Å². The summed E-state index contributed by atoms with van der Waals surface area (Å²) in [5, 5.41) is 14.9. The third kappa shape index (κ3) is 4.61. The summed E-state index contributed by atoms with van der Waals surface area (Å²) in [4.78, 5) is 20.1. The molecule has 9 nitrogen and oxygen atoms in total. The molecular weight excluding hydrogens is 502 g/mol. The Morgan fingerprint density at radius 1 is 1.16 bits per heavy atom. The number of tetrazole rings is 1. The number of ether oxygens (including phenoxy) is 1. The van der Waals surface area contributed by atoms with E-state index in [0.717, 1.165) is 66.0 Å². The number of likely N-dealkylation sites (tertiary alicyclic amines) is 1. The number of carbonyl (C=O) groups is 1. The number of methoxy groups -OCH3 is 1. The van der Waals surface area contributed by atoms with Crippen LogP contribution in [0.25, 0.3) is 22.5 Å². The van der Waals surface area contributed by atoms with Gasteiger partial charge in [-0.3, -0.25) is 4.90 Å². The van der Waals surface area contributed by atoms with Crippen molar-refractivity contribution in [1.29, 1.82) is 0 Å². The molecule has 2 aromatic carbocycles. The molecule has 0 saturated carbocycles. The SMILES string of the molecule is CCCCc1nc(Cl)c([C@@]2(C(=O)OC)CCCN2C)n1Cc1ccc(-c2ccccc2-c2nn[nH]n2)cc1. The first-order valence-corrected chi connectivity index (χ1v) is 13.3. The highest BCUT2D eigenvalue weighted by molar-refractivity contribution is 6.30. The predicted octanol–water partition coefficient (Wildman–Crippen LogP) is 4.87. The highest BCUT2D eigenvalue weighted by Crippen LogP contribution is 2.43. The number of H-pyrrole nitrogens is 1. The maximum atomic E-state index is 13.3. The van der Waals surface area contributed by atoms with Gasteiger partial charge in [-0.1, -0.05) is 73.5 Å². The molecule has 198 valence electrons. The minimum absolute atomic E-state index is 0.295. The number of esters is 1. The Kier molecular flexibility index (Phi) is 7.58. The van der Waals surface area contributed by atoms with E-state index in [9.17, 15) is 4.79 Å². The summed E-state index contributed by atoms with van der Waals surface area (Å²) in [5.41, 5.74) is 3.83. The van der Waals surface area contributed by atoms with Crippen LogP contribution in [0.5, 0.6) is 0 Å². The van der Waals surface area contributed by atoms with Crippen LogP contribution < -0.4 is 0 Å². The van der Waals surface area contributed by atoms with Gasteiger partial charge < -0.3 is 9.30 Å². The Bertz CT molecular complexity index is 1400. The summed E-state index contributed by atoms with van der Waals surface area (Å²) < 4.78 is 7.46. The molecule has 0 amide bonds. The zero-order valence-electron chi connectivity index (χ0n) is 21.9. The molecule has 10 heteroatoms. The summed E-state index contributed by atoms with van der Waals surface area (Å²) in [6, 6.07) is 16.4. The number of nitrogens with one attached hydrogen (secondary N) is 1. The summed E-state index contributed by atoms with van der Waals surface area (Å²) in [6.07, 6.45) is 4.33. The first kappa shape index (κ1) is 26.1. The van der Waals surface area contributed by atoms with Gasteiger partial charge >= 0.3 is 5.97 Å². The van der Waals surface area contributed by atoms with Crippen LogP contribution >= 0.6 is 11.6 Å². The van der Waals surface area contributed by atoms with Gasteiger partial charge in [0.25, 0.3) is 0 Å². The van der Waals surface area contributed by atoms with Gasteiger partial charge in [0.1, 0.15) is 5.82 Å². The number of nitrogens with zero attached hydrogens (tertiary/aromatic N) is 6. The van der Waals surface area contributed by atoms with E-state index in [-0.39, 0.29) is 5.97 Å². The molecule has 0 radical (unpaired) electrons. The Hall–Kier alpha value is -3.56. The quantitative estimate of drug-likeness (QED) is 0.306. The highest BCUT2D eigenvalue weighted by Gasteiger charge is 2.52. The van der Waals surface area contributed by atoms with Crippen molar-refractivity contribution in [2.24, 2.45) is 0 Å². The van der Waals surface area contributed by atoms with Crippen molar-refractivity contribution in [3.8, 4) is 22.5 Å². The number of rotatable bonds is 9. The van der Waals surface area contributed by atoms with Crippen LogP contribution in [0.15, 0.2) is 48.5 Å². The number of aryl methyl sites for hydroxylation is 1. The van der Waals surface area contributed by atoms with E-state index in [4.69, 9.17) is 21.3 Å². The van der Waals surface area contributed by atoms with Crippen molar-refractivity contribution in [1.82, 2.24) is 35.1 Å². The molecule has 0 bridgehead atoms. The van der Waals surface area contributed by atoms with Gasteiger partial charge in [0.15, 0.2) is 10.7 Å². The van der Waals surface area contributed by atoms with E-state index in [1.165, 1.54) is 7.11 Å². The number of halogens is 1. The Morgan fingerprint density at radius 3 is 2.55 bits per heavy atom. The second-order valence-corrected chi connectivity index (χ2v) is 10.1. The average Bonchev–Trinajstić information content (AvgIpc) is 3.68. The number of aromatic amines is 1. The Morgan fingerprint density at radius 2 is 1.92 bits per heavy atom. The molecule has 1 aliphatic heterocycles. The number of unbranched alkanes of at least 4 members (excludes halogenated alkanes) is 1. The van der Waals surface area contributed by atoms with Crippen molar-refractivity contribution in [3.63, 3.8) is 0 Å². The molecule has 1 atom stereocenters. The summed E-state index contributed by atoms with van der Waals surface area (Å²) in [5.74, 6) is 1.15. The number of likely N-dealkylation sites (N-methyl/N-ethyl adjacent to an activating group) is 1. The van der Waals surface area contributed by atoms with Crippen LogP contribution in [0, 0.1) is 0 Å². The van der Waals surface area contributed by atoms with Gasteiger partial charge in [-0.05, 0) is 54.8 Å². The topological polar surface area (TPSA) is 102 Å². The van der Waals surface area contributed by atoms with Crippen molar-refractivity contribution < 1.29 is 9.53 Å². The third-order valence-electron chi connectivity index (χ3n) is 7.48. The molecule has 3 heterocycles. The largest absolute Gasteiger partial charge is 0.467 e. The molecule has 1 fully saturated rings. The second kappa shape index (κ2) is 11.0. The van der Waals surface area contributed by atoms with Crippen LogP contribution in [0.2, 0.25) is 5.15 Å². The van der Waals surface area contributed by atoms with Crippen LogP contribution in [0.3, 0.4) is 0 Å². The lowest BCUT2D eigenvalue weighted by atomic mass is 9.92. The summed E-state index contributed by atoms with van der Waals surface area (Å²) in [7, 11) is 3.40. The number of hydrogen-bond donors (Lipinski definition) is 1. The maximum absolute atomic E-state index is 13.3. The molecule has 38 heavy (non-hydrogen) atoms. The lowest BCUT2D eigenvalue weighted by Crippen LogP contribution is -2.48. The minimum Gasteiger partial charge on any atom is -0.467 e. The van der Waals surface area contributed by atoms with Gasteiger partial charge in [-0.2, -0.15) is 5.21 Å². The molecule has 0 spiro atoms. The molecule has 0 unspecified atom stereocenters. The van der Waals surface area contributed by atoms with E-state index in [0.29, 0.717) is 23.9 Å². The highest BCUT2D eigenvalue weighted by atomic mass is 35.5. The van der Waals surface area contributed by atoms with Crippen molar-refractivity contribution >= 4 is 17.6 Å². The van der Waals surface area contributed by atoms with Crippen molar-refractivity contribution in [2.45, 2.75) is 51.1 Å². The number of benzene rings is 2. The summed E-state index contributed by atoms with van der Waals surface area (Å²) >= 11 is 6.82. The molecule has 4 aromatic rings. The monoisotopic (exact) mass is 533 g/mol. The van der Waals surface area contributed by atoms with E-state index in [2.05, 4.69) is 61.3 Å². The van der Waals surface area contributed by atoms with Crippen LogP contribution in [0.1, 0.15) is 49.7 Å². The fraction of sp³-hybridized carbons (Fsp3) is 0.393. The normalized spacial score (nSPS) is 17.7. The van der Waals surface area contributed by atoms with Gasteiger partial charge in [-0.15, -0.1) is 10.2 Å². The molecule has 5 rings (SSSR count). The van der Waals surface area contributed by atoms with E-state index in [1.807, 2.05) is 31.3 Å². The number of aromatic nitrogens is 6. The predicted molar refractivity (Wildman–Crippen MR) is 146 cm³/mol. The molecule has 0 aliphatic carbocycles. The molecule has 2 aromatic heterocycles. The molecule has 1 saturated heterocycles. The number of imidazole rings is 1. The Labute approximate surface area is 227 Å². The fourth-order valence-corrected chi connectivity index (χ4v) is 5.87. The first-order chi connectivity index (χ1) is 18.5. The summed E-state index contributed by atoms with van der Waals surface area (Å²) in [6.45, 7) is 3.49. The van der Waals surface area contributed by atoms with Gasteiger partial charge in [-0.25, -0.2) is 9.78 Å². The Balaban J connectivity index is 1.53. The van der Waals surface area contributed by atoms with Crippen molar-refractivity contribution in [2.75, 3.05) is 20.7 Å². The average molecular weight is 534 g/mol. The maximum Gasteiger partial charge on any atom is 0.332 e. The smallest absolute Gasteiger partial charge is 0.332 e. The van der Waals surface area contributed by atoms with Gasteiger partial charge in [0.2, 0.25) is 5.82 Å². The first-order valence-electron chi connectivity index (χ1n) is 13.0. The second-order valence-electron chi connectivity index (χ2n) is 9.71. The molecule has 1 N–H and O–H groups in total. The van der Waals surface area contributed by atoms with E-state index in [1.54, 1.807) is 0 Å². The number of carbonyl (C=O) groups excluding carboxylic acids is 1. The zero-order chi connectivity index (χ0) is 26.7. The van der Waals surface area contributed by atoms with Gasteiger partial charge in [0, 0.05) is 18.5 Å². The lowest BCUT2D eigenvalue weighted by Gasteiger charge is -2.34.